The van der Waals surface area contributed by atoms with Crippen molar-refractivity contribution in [3.63, 3.8) is 0 Å². The Kier molecular flexibility index (Phi) is 9.31. The van der Waals surface area contributed by atoms with Crippen LogP contribution >= 0.6 is 46.9 Å². The second kappa shape index (κ2) is 12.6. The summed E-state index contributed by atoms with van der Waals surface area (Å²) in [6, 6.07) is 15.8. The number of thiocarbonyl (C=S) groups is 1. The molecule has 0 atom stereocenters. The number of nitrogens with zero attached hydrogens (tertiary/aromatic N) is 2. The van der Waals surface area contributed by atoms with Crippen molar-refractivity contribution in [1.82, 2.24) is 9.88 Å². The first-order chi connectivity index (χ1) is 17.4. The molecule has 0 aliphatic carbocycles. The van der Waals surface area contributed by atoms with Crippen LogP contribution in [0.25, 0.3) is 6.08 Å². The highest BCUT2D eigenvalue weighted by atomic mass is 35.5. The van der Waals surface area contributed by atoms with E-state index in [1.54, 1.807) is 11.1 Å². The number of anilines is 1. The van der Waals surface area contributed by atoms with E-state index in [0.29, 0.717) is 33.7 Å². The molecule has 186 valence electrons. The van der Waals surface area contributed by atoms with Crippen molar-refractivity contribution >= 4 is 74.3 Å². The molecule has 2 aromatic carbocycles. The molecule has 3 aromatic rings. The lowest BCUT2D eigenvalue weighted by molar-refractivity contribution is -0.122. The molecule has 5 nitrogen and oxygen atoms in total. The Bertz CT molecular complexity index is 1290. The van der Waals surface area contributed by atoms with E-state index in [9.17, 15) is 9.59 Å². The van der Waals surface area contributed by atoms with E-state index in [4.69, 9.17) is 23.8 Å². The number of carbonyl (C=O) groups is 2. The number of aromatic nitrogens is 1. The second-order valence-corrected chi connectivity index (χ2v) is 11.7. The molecule has 4 rings (SSSR count). The maximum atomic E-state index is 12.8. The molecule has 1 N–H and O–H groups in total. The summed E-state index contributed by atoms with van der Waals surface area (Å²) < 4.78 is 0.590. The van der Waals surface area contributed by atoms with E-state index in [-0.39, 0.29) is 11.8 Å². The van der Waals surface area contributed by atoms with Crippen molar-refractivity contribution in [2.45, 2.75) is 39.0 Å². The minimum absolute atomic E-state index is 0.0420. The first kappa shape index (κ1) is 26.5. The third kappa shape index (κ3) is 7.26. The number of hydrogen-bond acceptors (Lipinski definition) is 6. The van der Waals surface area contributed by atoms with E-state index < -0.39 is 0 Å². The number of nitrogens with one attached hydrogen (secondary N) is 1. The number of halogens is 1. The van der Waals surface area contributed by atoms with Crippen LogP contribution in [0.15, 0.2) is 59.6 Å². The Balaban J connectivity index is 1.17. The van der Waals surface area contributed by atoms with Gasteiger partial charge in [0.05, 0.1) is 4.91 Å². The summed E-state index contributed by atoms with van der Waals surface area (Å²) in [5.41, 5.74) is 3.20. The van der Waals surface area contributed by atoms with Gasteiger partial charge in [-0.25, -0.2) is 4.98 Å². The van der Waals surface area contributed by atoms with Gasteiger partial charge in [-0.15, -0.1) is 11.3 Å². The number of carbonyl (C=O) groups excluding carboxylic acids is 2. The van der Waals surface area contributed by atoms with E-state index in [0.717, 1.165) is 40.3 Å². The summed E-state index contributed by atoms with van der Waals surface area (Å²) in [4.78, 5) is 32.8. The first-order valence-corrected chi connectivity index (χ1v) is 14.1. The van der Waals surface area contributed by atoms with E-state index in [1.807, 2.05) is 61.5 Å². The molecule has 0 spiro atoms. The standard InChI is InChI=1S/C27H26ClN3O2S3/c1-18-10-12-19(13-11-18)15-23-25(33)31(27(34)36-23)14-6-2-3-9-24(32)30-26-29-17-21(35-26)16-20-7-4-5-8-22(20)28/h4-5,7-8,10-13,15,17H,2-3,6,9,14,16H2,1H3,(H,29,30,32)/b23-15-. The molecule has 36 heavy (non-hydrogen) atoms. The largest absolute Gasteiger partial charge is 0.302 e. The van der Waals surface area contributed by atoms with Crippen LogP contribution in [0, 0.1) is 6.92 Å². The lowest BCUT2D eigenvalue weighted by Crippen LogP contribution is -2.29. The summed E-state index contributed by atoms with van der Waals surface area (Å²) in [5, 5.41) is 4.20. The molecular formula is C27H26ClN3O2S3. The van der Waals surface area contributed by atoms with Gasteiger partial charge in [0, 0.05) is 35.5 Å². The number of unbranched alkanes of at least 4 members (excludes halogenated alkanes) is 2. The summed E-state index contributed by atoms with van der Waals surface area (Å²) in [7, 11) is 0. The van der Waals surface area contributed by atoms with Crippen molar-refractivity contribution < 1.29 is 9.59 Å². The summed E-state index contributed by atoms with van der Waals surface area (Å²) in [6.45, 7) is 2.60. The van der Waals surface area contributed by atoms with Crippen molar-refractivity contribution in [3.8, 4) is 0 Å². The number of thiazole rings is 1. The Morgan fingerprint density at radius 1 is 1.14 bits per heavy atom. The zero-order chi connectivity index (χ0) is 25.5. The van der Waals surface area contributed by atoms with Gasteiger partial charge in [0.2, 0.25) is 5.91 Å². The SMILES string of the molecule is Cc1ccc(/C=C2\SC(=S)N(CCCCCC(=O)Nc3ncc(Cc4ccccc4Cl)s3)C2=O)cc1. The average molecular weight is 556 g/mol. The topological polar surface area (TPSA) is 62.3 Å². The summed E-state index contributed by atoms with van der Waals surface area (Å²) >= 11 is 14.5. The van der Waals surface area contributed by atoms with Gasteiger partial charge in [-0.3, -0.25) is 14.5 Å². The maximum Gasteiger partial charge on any atom is 0.266 e. The van der Waals surface area contributed by atoms with Crippen LogP contribution in [0.1, 0.15) is 47.3 Å². The molecule has 0 saturated carbocycles. The molecular weight excluding hydrogens is 530 g/mol. The van der Waals surface area contributed by atoms with Crippen LogP contribution in [0.4, 0.5) is 5.13 Å². The van der Waals surface area contributed by atoms with Crippen molar-refractivity contribution in [2.75, 3.05) is 11.9 Å². The third-order valence-electron chi connectivity index (χ3n) is 5.66. The van der Waals surface area contributed by atoms with E-state index in [2.05, 4.69) is 10.3 Å². The number of amides is 2. The average Bonchev–Trinajstić information content (AvgIpc) is 3.40. The molecule has 9 heteroatoms. The van der Waals surface area contributed by atoms with Crippen molar-refractivity contribution in [3.05, 3.63) is 86.2 Å². The van der Waals surface area contributed by atoms with Gasteiger partial charge in [-0.05, 0) is 43.0 Å². The van der Waals surface area contributed by atoms with Crippen LogP contribution in [-0.4, -0.2) is 32.6 Å². The fourth-order valence-electron chi connectivity index (χ4n) is 3.70. The Labute approximate surface area is 230 Å². The number of benzene rings is 2. The molecule has 1 aromatic heterocycles. The molecule has 1 saturated heterocycles. The molecule has 0 radical (unpaired) electrons. The molecule has 1 aliphatic rings. The summed E-state index contributed by atoms with van der Waals surface area (Å²) in [5.74, 6) is -0.0973. The van der Waals surface area contributed by atoms with E-state index >= 15 is 0 Å². The maximum absolute atomic E-state index is 12.8. The van der Waals surface area contributed by atoms with Crippen LogP contribution in [-0.2, 0) is 16.0 Å². The summed E-state index contributed by atoms with van der Waals surface area (Å²) in [6.07, 6.45) is 7.11. The Morgan fingerprint density at radius 3 is 2.69 bits per heavy atom. The smallest absolute Gasteiger partial charge is 0.266 e. The first-order valence-electron chi connectivity index (χ1n) is 11.7. The molecule has 0 unspecified atom stereocenters. The van der Waals surface area contributed by atoms with E-state index in [1.165, 1.54) is 28.7 Å². The molecule has 2 heterocycles. The molecule has 2 amide bonds. The number of thioether (sulfide) groups is 1. The zero-order valence-corrected chi connectivity index (χ0v) is 23.0. The predicted molar refractivity (Wildman–Crippen MR) is 155 cm³/mol. The minimum Gasteiger partial charge on any atom is -0.302 e. The van der Waals surface area contributed by atoms with Crippen molar-refractivity contribution in [2.24, 2.45) is 0 Å². The number of hydrogen-bond donors (Lipinski definition) is 1. The highest BCUT2D eigenvalue weighted by molar-refractivity contribution is 8.26. The highest BCUT2D eigenvalue weighted by Gasteiger charge is 2.31. The quantitative estimate of drug-likeness (QED) is 0.164. The lowest BCUT2D eigenvalue weighted by Gasteiger charge is -2.14. The fraction of sp³-hybridized carbons (Fsp3) is 0.259. The zero-order valence-electron chi connectivity index (χ0n) is 19.8. The van der Waals surface area contributed by atoms with Gasteiger partial charge in [0.25, 0.3) is 5.91 Å². The monoisotopic (exact) mass is 555 g/mol. The normalized spacial score (nSPS) is 14.6. The van der Waals surface area contributed by atoms with Gasteiger partial charge >= 0.3 is 0 Å². The van der Waals surface area contributed by atoms with Gasteiger partial charge < -0.3 is 5.32 Å². The van der Waals surface area contributed by atoms with Crippen LogP contribution in [0.3, 0.4) is 0 Å². The number of aryl methyl sites for hydroxylation is 1. The van der Waals surface area contributed by atoms with Crippen LogP contribution in [0.5, 0.6) is 0 Å². The highest BCUT2D eigenvalue weighted by Crippen LogP contribution is 2.33. The van der Waals surface area contributed by atoms with Crippen molar-refractivity contribution in [1.29, 1.82) is 0 Å². The predicted octanol–water partition coefficient (Wildman–Crippen LogP) is 7.10. The minimum atomic E-state index is -0.0553. The lowest BCUT2D eigenvalue weighted by atomic mass is 10.1. The number of rotatable bonds is 10. The second-order valence-electron chi connectivity index (χ2n) is 8.50. The van der Waals surface area contributed by atoms with Crippen LogP contribution in [0.2, 0.25) is 5.02 Å². The fourth-order valence-corrected chi connectivity index (χ4v) is 6.06. The van der Waals surface area contributed by atoms with Gasteiger partial charge in [0.1, 0.15) is 4.32 Å². The Hall–Kier alpha value is -2.52. The van der Waals surface area contributed by atoms with Gasteiger partial charge in [-0.1, -0.05) is 90.0 Å². The molecule has 0 bridgehead atoms. The van der Waals surface area contributed by atoms with Gasteiger partial charge in [-0.2, -0.15) is 0 Å². The van der Waals surface area contributed by atoms with Crippen LogP contribution < -0.4 is 5.32 Å². The molecule has 1 aliphatic heterocycles. The Morgan fingerprint density at radius 2 is 1.92 bits per heavy atom. The molecule has 1 fully saturated rings. The van der Waals surface area contributed by atoms with Gasteiger partial charge in [0.15, 0.2) is 5.13 Å². The third-order valence-corrected chi connectivity index (χ3v) is 8.32.